The highest BCUT2D eigenvalue weighted by atomic mass is 19.1. The van der Waals surface area contributed by atoms with Gasteiger partial charge in [0.05, 0.1) is 10.6 Å². The molecule has 0 unspecified atom stereocenters. The van der Waals surface area contributed by atoms with Crippen LogP contribution in [0.3, 0.4) is 0 Å². The first kappa shape index (κ1) is 15.2. The molecule has 0 spiro atoms. The molecule has 2 rings (SSSR count). The van der Waals surface area contributed by atoms with Crippen LogP contribution in [-0.4, -0.2) is 10.8 Å². The summed E-state index contributed by atoms with van der Waals surface area (Å²) in [4.78, 5) is 22.0. The van der Waals surface area contributed by atoms with Gasteiger partial charge in [-0.05, 0) is 35.9 Å². The summed E-state index contributed by atoms with van der Waals surface area (Å²) in [6.07, 6.45) is 0. The molecule has 0 atom stereocenters. The maximum atomic E-state index is 12.8. The number of rotatable bonds is 5. The van der Waals surface area contributed by atoms with Crippen molar-refractivity contribution in [3.8, 4) is 0 Å². The van der Waals surface area contributed by atoms with E-state index in [1.54, 1.807) is 0 Å². The second-order valence-corrected chi connectivity index (χ2v) is 4.37. The Labute approximate surface area is 125 Å². The third kappa shape index (κ3) is 3.66. The number of hydrogen-bond acceptors (Lipinski definition) is 4. The largest absolute Gasteiger partial charge is 0.298 e. The molecule has 0 aliphatic rings. The predicted molar refractivity (Wildman–Crippen MR) is 79.1 cm³/mol. The fraction of sp³-hybridized carbons (Fsp3) is 0. The number of halogens is 1. The Morgan fingerprint density at radius 2 is 1.77 bits per heavy atom. The highest BCUT2D eigenvalue weighted by Crippen LogP contribution is 2.13. The van der Waals surface area contributed by atoms with Crippen molar-refractivity contribution in [1.82, 2.24) is 10.9 Å². The topological polar surface area (TPSA) is 84.3 Å². The molecule has 0 saturated carbocycles. The normalized spacial score (nSPS) is 9.86. The third-order valence-corrected chi connectivity index (χ3v) is 2.84. The zero-order valence-corrected chi connectivity index (χ0v) is 11.4. The summed E-state index contributed by atoms with van der Waals surface area (Å²) >= 11 is 0. The number of nitro groups is 1. The Hall–Kier alpha value is -3.22. The van der Waals surface area contributed by atoms with Crippen molar-refractivity contribution in [2.24, 2.45) is 0 Å². The summed E-state index contributed by atoms with van der Waals surface area (Å²) in [6, 6.07) is 10.9. The molecule has 0 aromatic heterocycles. The highest BCUT2D eigenvalue weighted by molar-refractivity contribution is 5.95. The van der Waals surface area contributed by atoms with Crippen LogP contribution in [0.2, 0.25) is 0 Å². The molecule has 7 heteroatoms. The van der Waals surface area contributed by atoms with Crippen molar-refractivity contribution in [1.29, 1.82) is 0 Å². The van der Waals surface area contributed by atoms with E-state index in [1.165, 1.54) is 42.5 Å². The van der Waals surface area contributed by atoms with Crippen molar-refractivity contribution in [2.75, 3.05) is 0 Å². The number of carbonyl (C=O) groups excluding carboxylic acids is 1. The number of nitrogens with zero attached hydrogens (tertiary/aromatic N) is 1. The highest BCUT2D eigenvalue weighted by Gasteiger charge is 2.11. The number of nitrogens with one attached hydrogen (secondary N) is 2. The number of hydrazine groups is 1. The van der Waals surface area contributed by atoms with Gasteiger partial charge in [0, 0.05) is 17.7 Å². The van der Waals surface area contributed by atoms with Gasteiger partial charge in [-0.25, -0.2) is 4.39 Å². The Morgan fingerprint density at radius 3 is 2.41 bits per heavy atom. The summed E-state index contributed by atoms with van der Waals surface area (Å²) in [5.74, 6) is -0.927. The second kappa shape index (κ2) is 6.49. The fourth-order valence-corrected chi connectivity index (χ4v) is 1.69. The van der Waals surface area contributed by atoms with Gasteiger partial charge in [-0.2, -0.15) is 0 Å². The molecule has 1 amide bonds. The lowest BCUT2D eigenvalue weighted by Crippen LogP contribution is -2.35. The lowest BCUT2D eigenvalue weighted by atomic mass is 10.2. The molecule has 0 bridgehead atoms. The molecule has 2 aromatic carbocycles. The molecule has 0 aliphatic heterocycles. The third-order valence-electron chi connectivity index (χ3n) is 2.84. The van der Waals surface area contributed by atoms with Crippen molar-refractivity contribution in [2.45, 2.75) is 0 Å². The van der Waals surface area contributed by atoms with Crippen LogP contribution < -0.4 is 10.9 Å². The number of carbonyl (C=O) groups is 1. The summed E-state index contributed by atoms with van der Waals surface area (Å²) in [6.45, 7) is 3.71. The number of hydrogen-bond donors (Lipinski definition) is 2. The van der Waals surface area contributed by atoms with Crippen LogP contribution in [0.5, 0.6) is 0 Å². The van der Waals surface area contributed by atoms with Crippen LogP contribution in [0.1, 0.15) is 15.9 Å². The first-order valence-electron chi connectivity index (χ1n) is 6.23. The zero-order chi connectivity index (χ0) is 16.1. The van der Waals surface area contributed by atoms with E-state index in [0.29, 0.717) is 11.3 Å². The minimum atomic E-state index is -0.582. The fourth-order valence-electron chi connectivity index (χ4n) is 1.69. The van der Waals surface area contributed by atoms with Gasteiger partial charge in [0.25, 0.3) is 11.6 Å². The standard InChI is InChI=1S/C15H12FN3O3/c1-10(11-5-7-13(16)8-6-11)17-18-15(20)12-3-2-4-14(9-12)19(21)22/h2-9,17H,1H2,(H,18,20). The van der Waals surface area contributed by atoms with Gasteiger partial charge in [0.1, 0.15) is 5.82 Å². The maximum Gasteiger partial charge on any atom is 0.270 e. The van der Waals surface area contributed by atoms with Crippen LogP contribution >= 0.6 is 0 Å². The quantitative estimate of drug-likeness (QED) is 0.657. The van der Waals surface area contributed by atoms with Crippen LogP contribution in [0.25, 0.3) is 5.70 Å². The molecule has 2 N–H and O–H groups in total. The minimum absolute atomic E-state index is 0.133. The van der Waals surface area contributed by atoms with Crippen LogP contribution in [0.4, 0.5) is 10.1 Å². The number of amides is 1. The molecular weight excluding hydrogens is 289 g/mol. The van der Waals surface area contributed by atoms with E-state index < -0.39 is 10.8 Å². The van der Waals surface area contributed by atoms with Crippen LogP contribution in [-0.2, 0) is 0 Å². The van der Waals surface area contributed by atoms with E-state index in [1.807, 2.05) is 0 Å². The Kier molecular flexibility index (Phi) is 4.47. The molecule has 22 heavy (non-hydrogen) atoms. The van der Waals surface area contributed by atoms with E-state index in [0.717, 1.165) is 6.07 Å². The van der Waals surface area contributed by atoms with Crippen LogP contribution in [0.15, 0.2) is 55.1 Å². The molecule has 0 aliphatic carbocycles. The van der Waals surface area contributed by atoms with Gasteiger partial charge < -0.3 is 0 Å². The molecule has 0 saturated heterocycles. The van der Waals surface area contributed by atoms with Gasteiger partial charge in [0.2, 0.25) is 0 Å². The van der Waals surface area contributed by atoms with Gasteiger partial charge >= 0.3 is 0 Å². The Balaban J connectivity index is 2.00. The second-order valence-electron chi connectivity index (χ2n) is 4.37. The van der Waals surface area contributed by atoms with Crippen LogP contribution in [0, 0.1) is 15.9 Å². The lowest BCUT2D eigenvalue weighted by molar-refractivity contribution is -0.384. The lowest BCUT2D eigenvalue weighted by Gasteiger charge is -2.11. The van der Waals surface area contributed by atoms with Crippen molar-refractivity contribution in [3.63, 3.8) is 0 Å². The van der Waals surface area contributed by atoms with E-state index in [-0.39, 0.29) is 17.1 Å². The predicted octanol–water partition coefficient (Wildman–Crippen LogP) is 2.64. The molecule has 0 fully saturated rings. The number of nitro benzene ring substituents is 1. The summed E-state index contributed by atoms with van der Waals surface area (Å²) in [5, 5.41) is 10.7. The molecule has 0 radical (unpaired) electrons. The average molecular weight is 301 g/mol. The van der Waals surface area contributed by atoms with Crippen molar-refractivity contribution < 1.29 is 14.1 Å². The van der Waals surface area contributed by atoms with E-state index in [9.17, 15) is 19.3 Å². The van der Waals surface area contributed by atoms with E-state index >= 15 is 0 Å². The minimum Gasteiger partial charge on any atom is -0.298 e. The number of benzene rings is 2. The summed E-state index contributed by atoms with van der Waals surface area (Å²) < 4.78 is 12.8. The average Bonchev–Trinajstić information content (AvgIpc) is 2.53. The van der Waals surface area contributed by atoms with Gasteiger partial charge in [0.15, 0.2) is 0 Å². The zero-order valence-electron chi connectivity index (χ0n) is 11.4. The summed E-state index contributed by atoms with van der Waals surface area (Å²) in [7, 11) is 0. The Bertz CT molecular complexity index is 729. The van der Waals surface area contributed by atoms with E-state index in [2.05, 4.69) is 17.4 Å². The maximum absolute atomic E-state index is 12.8. The molecule has 0 heterocycles. The number of non-ortho nitro benzene ring substituents is 1. The first-order chi connectivity index (χ1) is 10.5. The molecule has 6 nitrogen and oxygen atoms in total. The summed E-state index contributed by atoms with van der Waals surface area (Å²) in [5.41, 5.74) is 5.87. The first-order valence-corrected chi connectivity index (χ1v) is 6.23. The van der Waals surface area contributed by atoms with Gasteiger partial charge in [-0.15, -0.1) is 0 Å². The van der Waals surface area contributed by atoms with Gasteiger partial charge in [-0.3, -0.25) is 25.8 Å². The SMILES string of the molecule is C=C(NNC(=O)c1cccc([N+](=O)[O-])c1)c1ccc(F)cc1. The molecule has 2 aromatic rings. The molecule has 112 valence electrons. The molecular formula is C15H12FN3O3. The smallest absolute Gasteiger partial charge is 0.270 e. The van der Waals surface area contributed by atoms with Crippen molar-refractivity contribution in [3.05, 3.63) is 82.2 Å². The monoisotopic (exact) mass is 301 g/mol. The Morgan fingerprint density at radius 1 is 1.09 bits per heavy atom. The van der Waals surface area contributed by atoms with Gasteiger partial charge in [-0.1, -0.05) is 12.6 Å². The van der Waals surface area contributed by atoms with Crippen molar-refractivity contribution >= 4 is 17.3 Å². The van der Waals surface area contributed by atoms with E-state index in [4.69, 9.17) is 0 Å².